The number of carboxylic acids is 1. The fourth-order valence-electron chi connectivity index (χ4n) is 7.11. The number of carbonyl (C=O) groups is 6. The summed E-state index contributed by atoms with van der Waals surface area (Å²) in [5, 5.41) is 62.1. The second-order valence-corrected chi connectivity index (χ2v) is 13.4. The Labute approximate surface area is 291 Å². The van der Waals surface area contributed by atoms with Crippen LogP contribution in [0.5, 0.6) is 0 Å². The molecule has 50 heavy (non-hydrogen) atoms. The fraction of sp³-hybridized carbons (Fsp3) is 0.812. The number of aliphatic carboxylic acids is 1. The molecule has 2 aliphatic heterocycles. The largest absolute Gasteiger partial charge is 0.480 e. The minimum absolute atomic E-state index is 0.110. The molecule has 1 saturated carbocycles. The van der Waals surface area contributed by atoms with E-state index in [0.29, 0.717) is 64.5 Å². The van der Waals surface area contributed by atoms with Crippen LogP contribution in [0.1, 0.15) is 57.8 Å². The number of carboxylic acid groups (broad SMARTS) is 2. The summed E-state index contributed by atoms with van der Waals surface area (Å²) in [7, 11) is 0. The first kappa shape index (κ1) is 40.8. The van der Waals surface area contributed by atoms with Crippen molar-refractivity contribution in [3.8, 4) is 0 Å². The smallest absolute Gasteiger partial charge is 0.407 e. The summed E-state index contributed by atoms with van der Waals surface area (Å²) in [5.41, 5.74) is 0. The summed E-state index contributed by atoms with van der Waals surface area (Å²) in [4.78, 5) is 81.9. The van der Waals surface area contributed by atoms with Crippen molar-refractivity contribution in [3.63, 3.8) is 0 Å². The molecule has 2 heterocycles. The van der Waals surface area contributed by atoms with Crippen LogP contribution in [-0.4, -0.2) is 182 Å². The third kappa shape index (κ3) is 11.8. The fourth-order valence-corrected chi connectivity index (χ4v) is 7.11. The van der Waals surface area contributed by atoms with Gasteiger partial charge in [-0.05, 0) is 38.5 Å². The van der Waals surface area contributed by atoms with Gasteiger partial charge in [-0.1, -0.05) is 12.8 Å². The molecule has 3 fully saturated rings. The van der Waals surface area contributed by atoms with Crippen molar-refractivity contribution in [2.45, 2.75) is 82.0 Å². The molecule has 1 aliphatic carbocycles. The molecule has 0 spiro atoms. The van der Waals surface area contributed by atoms with Gasteiger partial charge in [-0.25, -0.2) is 4.79 Å². The molecule has 18 heteroatoms. The van der Waals surface area contributed by atoms with E-state index in [1.165, 1.54) is 9.80 Å². The number of nitrogens with one attached hydrogen (secondary N) is 2. The highest BCUT2D eigenvalue weighted by atomic mass is 16.4. The molecule has 284 valence electrons. The van der Waals surface area contributed by atoms with Crippen molar-refractivity contribution in [2.75, 3.05) is 72.2 Å². The zero-order valence-corrected chi connectivity index (χ0v) is 28.5. The minimum atomic E-state index is -1.25. The van der Waals surface area contributed by atoms with E-state index in [4.69, 9.17) is 0 Å². The number of aliphatic hydroxyl groups is 4. The van der Waals surface area contributed by atoms with Crippen LogP contribution in [0.4, 0.5) is 4.79 Å². The van der Waals surface area contributed by atoms with E-state index in [9.17, 15) is 59.4 Å². The molecular formula is C32H54N6O12. The molecule has 0 bridgehead atoms. The standard InChI is InChI=1S/C32H54N6O12/c39-17-23(18-40)33-30(47)21-5-10-35(11-6-21)27(43)9-14-38(32(49)50)26-4-2-1-3-25(26)37(16-29(45)46)15-28(44)36-12-7-22(8-13-36)31(48)34-24(19-41)20-42/h21-26,39-42H,1-20H2,(H,33,47)(H,34,48)(H,45,46)(H,49,50). The van der Waals surface area contributed by atoms with Gasteiger partial charge in [-0.2, -0.15) is 0 Å². The van der Waals surface area contributed by atoms with Crippen molar-refractivity contribution >= 4 is 35.7 Å². The van der Waals surface area contributed by atoms with Crippen LogP contribution in [0.15, 0.2) is 0 Å². The highest BCUT2D eigenvalue weighted by Crippen LogP contribution is 2.29. The molecule has 0 aromatic carbocycles. The Hall–Kier alpha value is -3.58. The molecule has 0 aromatic heterocycles. The first-order valence-electron chi connectivity index (χ1n) is 17.5. The van der Waals surface area contributed by atoms with Gasteiger partial charge in [0.1, 0.15) is 0 Å². The zero-order chi connectivity index (χ0) is 36.8. The van der Waals surface area contributed by atoms with Crippen LogP contribution in [0.2, 0.25) is 0 Å². The molecule has 3 aliphatic rings. The van der Waals surface area contributed by atoms with Gasteiger partial charge in [0.2, 0.25) is 23.6 Å². The molecular weight excluding hydrogens is 660 g/mol. The van der Waals surface area contributed by atoms with Crippen molar-refractivity contribution in [2.24, 2.45) is 11.8 Å². The predicted molar refractivity (Wildman–Crippen MR) is 175 cm³/mol. The molecule has 3 rings (SSSR count). The predicted octanol–water partition coefficient (Wildman–Crippen LogP) is -2.53. The Bertz CT molecular complexity index is 1150. The zero-order valence-electron chi connectivity index (χ0n) is 28.5. The second-order valence-electron chi connectivity index (χ2n) is 13.4. The lowest BCUT2D eigenvalue weighted by molar-refractivity contribution is -0.143. The summed E-state index contributed by atoms with van der Waals surface area (Å²) >= 11 is 0. The molecule has 8 N–H and O–H groups in total. The molecule has 2 atom stereocenters. The van der Waals surface area contributed by atoms with Crippen molar-refractivity contribution in [3.05, 3.63) is 0 Å². The number of hydrogen-bond donors (Lipinski definition) is 8. The summed E-state index contributed by atoms with van der Waals surface area (Å²) in [6.07, 6.45) is 2.40. The number of hydrogen-bond acceptors (Lipinski definition) is 11. The highest BCUT2D eigenvalue weighted by molar-refractivity contribution is 5.82. The lowest BCUT2D eigenvalue weighted by Crippen LogP contribution is -2.58. The van der Waals surface area contributed by atoms with Crippen LogP contribution in [-0.2, 0) is 24.0 Å². The third-order valence-electron chi connectivity index (χ3n) is 10.1. The van der Waals surface area contributed by atoms with Crippen LogP contribution in [0.3, 0.4) is 0 Å². The highest BCUT2D eigenvalue weighted by Gasteiger charge is 2.39. The minimum Gasteiger partial charge on any atom is -0.480 e. The maximum Gasteiger partial charge on any atom is 0.407 e. The van der Waals surface area contributed by atoms with Gasteiger partial charge in [-0.15, -0.1) is 0 Å². The lowest BCUT2D eigenvalue weighted by Gasteiger charge is -2.44. The van der Waals surface area contributed by atoms with E-state index < -0.39 is 75.1 Å². The maximum atomic E-state index is 13.4. The number of carbonyl (C=O) groups excluding carboxylic acids is 4. The molecule has 5 amide bonds. The number of likely N-dealkylation sites (tertiary alicyclic amines) is 2. The maximum absolute atomic E-state index is 13.4. The average molecular weight is 715 g/mol. The summed E-state index contributed by atoms with van der Waals surface area (Å²) < 4.78 is 0. The summed E-state index contributed by atoms with van der Waals surface area (Å²) in [6.45, 7) is -1.37. The molecule has 0 aromatic rings. The molecule has 2 unspecified atom stereocenters. The number of amides is 5. The average Bonchev–Trinajstić information content (AvgIpc) is 3.12. The summed E-state index contributed by atoms with van der Waals surface area (Å²) in [5.74, 6) is -3.21. The van der Waals surface area contributed by atoms with Crippen molar-refractivity contribution in [1.29, 1.82) is 0 Å². The Morgan fingerprint density at radius 2 is 1.06 bits per heavy atom. The quantitative estimate of drug-likeness (QED) is 0.0774. The second kappa shape index (κ2) is 20.3. The monoisotopic (exact) mass is 714 g/mol. The van der Waals surface area contributed by atoms with Gasteiger partial charge >= 0.3 is 12.1 Å². The summed E-state index contributed by atoms with van der Waals surface area (Å²) in [6, 6.07) is -2.75. The molecule has 2 saturated heterocycles. The van der Waals surface area contributed by atoms with E-state index in [1.807, 2.05) is 0 Å². The van der Waals surface area contributed by atoms with Gasteiger partial charge < -0.3 is 56.0 Å². The first-order chi connectivity index (χ1) is 23.9. The topological polar surface area (TPSA) is 261 Å². The van der Waals surface area contributed by atoms with E-state index in [0.717, 1.165) is 0 Å². The third-order valence-corrected chi connectivity index (χ3v) is 10.1. The van der Waals surface area contributed by atoms with Gasteiger partial charge in [0, 0.05) is 57.0 Å². The van der Waals surface area contributed by atoms with E-state index in [-0.39, 0.29) is 62.1 Å². The number of nitrogens with zero attached hydrogens (tertiary/aromatic N) is 4. The number of aliphatic hydroxyl groups excluding tert-OH is 4. The van der Waals surface area contributed by atoms with Gasteiger partial charge in [-0.3, -0.25) is 28.9 Å². The van der Waals surface area contributed by atoms with Gasteiger partial charge in [0.25, 0.3) is 0 Å². The van der Waals surface area contributed by atoms with Crippen LogP contribution in [0, 0.1) is 11.8 Å². The Morgan fingerprint density at radius 3 is 1.48 bits per heavy atom. The van der Waals surface area contributed by atoms with Crippen molar-refractivity contribution < 1.29 is 59.4 Å². The lowest BCUT2D eigenvalue weighted by atomic mass is 9.87. The van der Waals surface area contributed by atoms with Gasteiger partial charge in [0.05, 0.1) is 57.6 Å². The van der Waals surface area contributed by atoms with E-state index in [1.54, 1.807) is 9.80 Å². The molecule has 0 radical (unpaired) electrons. The van der Waals surface area contributed by atoms with E-state index >= 15 is 0 Å². The Morgan fingerprint density at radius 1 is 0.620 bits per heavy atom. The molecule has 18 nitrogen and oxygen atoms in total. The Kier molecular flexibility index (Phi) is 16.6. The normalized spacial score (nSPS) is 20.6. The van der Waals surface area contributed by atoms with Gasteiger partial charge in [0.15, 0.2) is 0 Å². The number of piperidine rings is 2. The Balaban J connectivity index is 1.59. The van der Waals surface area contributed by atoms with Crippen LogP contribution >= 0.6 is 0 Å². The van der Waals surface area contributed by atoms with E-state index in [2.05, 4.69) is 10.6 Å². The van der Waals surface area contributed by atoms with Crippen LogP contribution < -0.4 is 10.6 Å². The SMILES string of the molecule is O=C(O)CN(CC(=O)N1CCC(C(=O)NC(CO)CO)CC1)C1CCCCC1N(CCC(=O)N1CCC(C(=O)NC(CO)CO)CC1)C(=O)O. The first-order valence-corrected chi connectivity index (χ1v) is 17.5. The van der Waals surface area contributed by atoms with Crippen molar-refractivity contribution in [1.82, 2.24) is 30.2 Å². The number of rotatable bonds is 17. The van der Waals surface area contributed by atoms with Crippen LogP contribution in [0.25, 0.3) is 0 Å².